The molecule has 2 aromatic rings. The van der Waals surface area contributed by atoms with Crippen molar-refractivity contribution < 1.29 is 14.3 Å². The summed E-state index contributed by atoms with van der Waals surface area (Å²) in [6, 6.07) is 7.93. The molecule has 21 heavy (non-hydrogen) atoms. The van der Waals surface area contributed by atoms with Gasteiger partial charge in [-0.1, -0.05) is 40.9 Å². The van der Waals surface area contributed by atoms with Gasteiger partial charge in [0.05, 0.1) is 20.1 Å². The van der Waals surface area contributed by atoms with Gasteiger partial charge < -0.3 is 10.1 Å². The van der Waals surface area contributed by atoms with Gasteiger partial charge in [-0.2, -0.15) is 0 Å². The molecule has 4 nitrogen and oxygen atoms in total. The van der Waals surface area contributed by atoms with Crippen LogP contribution in [0.2, 0.25) is 14.4 Å². The maximum Gasteiger partial charge on any atom is 0.348 e. The number of esters is 1. The first kappa shape index (κ1) is 16.1. The van der Waals surface area contributed by atoms with E-state index >= 15 is 0 Å². The molecule has 0 unspecified atom stereocenters. The molecule has 0 radical (unpaired) electrons. The first-order chi connectivity index (χ1) is 9.97. The fourth-order valence-corrected chi connectivity index (χ4v) is 2.85. The van der Waals surface area contributed by atoms with Crippen molar-refractivity contribution in [1.29, 1.82) is 0 Å². The van der Waals surface area contributed by atoms with Crippen molar-refractivity contribution in [2.75, 3.05) is 11.9 Å². The zero-order chi connectivity index (χ0) is 15.4. The van der Waals surface area contributed by atoms with Gasteiger partial charge in [0.15, 0.2) is 6.61 Å². The second-order valence-electron chi connectivity index (χ2n) is 3.82. The predicted molar refractivity (Wildman–Crippen MR) is 84.7 cm³/mol. The van der Waals surface area contributed by atoms with Gasteiger partial charge in [0.2, 0.25) is 0 Å². The summed E-state index contributed by atoms with van der Waals surface area (Å²) < 4.78 is 5.34. The topological polar surface area (TPSA) is 55.4 Å². The van der Waals surface area contributed by atoms with Gasteiger partial charge in [0.1, 0.15) is 4.88 Å². The number of carbonyl (C=O) groups is 2. The maximum absolute atomic E-state index is 11.7. The van der Waals surface area contributed by atoms with E-state index in [1.54, 1.807) is 24.3 Å². The Bertz CT molecular complexity index is 667. The molecule has 0 aliphatic heterocycles. The molecule has 1 aromatic heterocycles. The van der Waals surface area contributed by atoms with Gasteiger partial charge >= 0.3 is 5.97 Å². The molecule has 1 heterocycles. The van der Waals surface area contributed by atoms with Crippen LogP contribution < -0.4 is 5.32 Å². The van der Waals surface area contributed by atoms with Crippen molar-refractivity contribution in [3.63, 3.8) is 0 Å². The van der Waals surface area contributed by atoms with E-state index < -0.39 is 18.5 Å². The fraction of sp³-hybridized carbons (Fsp3) is 0.0769. The number of carbonyl (C=O) groups excluding carboxylic acids is 2. The fourth-order valence-electron chi connectivity index (χ4n) is 1.42. The zero-order valence-electron chi connectivity index (χ0n) is 10.4. The predicted octanol–water partition coefficient (Wildman–Crippen LogP) is 4.50. The number of benzene rings is 1. The van der Waals surface area contributed by atoms with E-state index in [0.29, 0.717) is 19.3 Å². The van der Waals surface area contributed by atoms with Crippen LogP contribution in [-0.4, -0.2) is 18.5 Å². The minimum absolute atomic E-state index is 0.279. The lowest BCUT2D eigenvalue weighted by molar-refractivity contribution is -0.119. The lowest BCUT2D eigenvalue weighted by Gasteiger charge is -2.09. The van der Waals surface area contributed by atoms with Gasteiger partial charge in [-0.3, -0.25) is 4.79 Å². The Labute approximate surface area is 139 Å². The second kappa shape index (κ2) is 7.13. The van der Waals surface area contributed by atoms with E-state index in [9.17, 15) is 9.59 Å². The summed E-state index contributed by atoms with van der Waals surface area (Å²) in [7, 11) is 0. The van der Waals surface area contributed by atoms with E-state index in [-0.39, 0.29) is 5.69 Å². The highest BCUT2D eigenvalue weighted by molar-refractivity contribution is 7.17. The van der Waals surface area contributed by atoms with Crippen LogP contribution in [0.3, 0.4) is 0 Å². The molecule has 0 spiro atoms. The van der Waals surface area contributed by atoms with Crippen LogP contribution in [0.4, 0.5) is 5.69 Å². The van der Waals surface area contributed by atoms with Gasteiger partial charge in [-0.15, -0.1) is 11.3 Å². The van der Waals surface area contributed by atoms with Crippen molar-refractivity contribution >= 4 is 63.7 Å². The number of halogens is 3. The molecule has 2 rings (SSSR count). The Kier molecular flexibility index (Phi) is 5.47. The maximum atomic E-state index is 11.7. The third kappa shape index (κ3) is 4.35. The number of rotatable bonds is 4. The highest BCUT2D eigenvalue weighted by Gasteiger charge is 2.14. The number of ether oxygens (including phenoxy) is 1. The average molecular weight is 365 g/mol. The van der Waals surface area contributed by atoms with Crippen molar-refractivity contribution in [3.05, 3.63) is 49.6 Å². The Hall–Kier alpha value is -1.27. The number of anilines is 1. The summed E-state index contributed by atoms with van der Waals surface area (Å²) in [5, 5.41) is 3.08. The summed E-state index contributed by atoms with van der Waals surface area (Å²) >= 11 is 18.6. The standard InChI is InChI=1S/C13H8Cl3NO3S/c14-7-2-1-3-8(15)12(7)17-11(18)6-20-13(19)9-4-5-10(16)21-9/h1-5H,6H2,(H,17,18). The van der Waals surface area contributed by atoms with Gasteiger partial charge in [-0.05, 0) is 24.3 Å². The molecule has 8 heteroatoms. The monoisotopic (exact) mass is 363 g/mol. The number of amides is 1. The van der Waals surface area contributed by atoms with Crippen LogP contribution in [0.25, 0.3) is 0 Å². The lowest BCUT2D eigenvalue weighted by Crippen LogP contribution is -2.21. The zero-order valence-corrected chi connectivity index (χ0v) is 13.4. The van der Waals surface area contributed by atoms with E-state index in [4.69, 9.17) is 39.5 Å². The smallest absolute Gasteiger partial charge is 0.348 e. The van der Waals surface area contributed by atoms with Crippen LogP contribution in [-0.2, 0) is 9.53 Å². The molecular weight excluding hydrogens is 357 g/mol. The number of hydrogen-bond donors (Lipinski definition) is 1. The van der Waals surface area contributed by atoms with Crippen LogP contribution in [0.15, 0.2) is 30.3 Å². The third-order valence-corrected chi connectivity index (χ3v) is 4.18. The highest BCUT2D eigenvalue weighted by Crippen LogP contribution is 2.29. The Morgan fingerprint density at radius 3 is 2.33 bits per heavy atom. The molecular formula is C13H8Cl3NO3S. The van der Waals surface area contributed by atoms with Gasteiger partial charge in [-0.25, -0.2) is 4.79 Å². The van der Waals surface area contributed by atoms with Gasteiger partial charge in [0.25, 0.3) is 5.91 Å². The lowest BCUT2D eigenvalue weighted by atomic mass is 10.3. The molecule has 0 fully saturated rings. The minimum Gasteiger partial charge on any atom is -0.451 e. The number of nitrogens with one attached hydrogen (secondary N) is 1. The van der Waals surface area contributed by atoms with Crippen LogP contribution in [0.1, 0.15) is 9.67 Å². The summed E-state index contributed by atoms with van der Waals surface area (Å²) in [6.45, 7) is -0.449. The van der Waals surface area contributed by atoms with Crippen molar-refractivity contribution in [3.8, 4) is 0 Å². The summed E-state index contributed by atoms with van der Waals surface area (Å²) in [6.07, 6.45) is 0. The highest BCUT2D eigenvalue weighted by atomic mass is 35.5. The minimum atomic E-state index is -0.618. The molecule has 1 amide bonds. The van der Waals surface area contributed by atoms with Crippen LogP contribution >= 0.6 is 46.1 Å². The molecule has 0 saturated heterocycles. The number of thiophene rings is 1. The average Bonchev–Trinajstić information content (AvgIpc) is 2.87. The Morgan fingerprint density at radius 1 is 1.10 bits per heavy atom. The first-order valence-electron chi connectivity index (χ1n) is 5.63. The Balaban J connectivity index is 1.92. The largest absolute Gasteiger partial charge is 0.451 e. The molecule has 0 aliphatic carbocycles. The summed E-state index contributed by atoms with van der Waals surface area (Å²) in [4.78, 5) is 23.7. The van der Waals surface area contributed by atoms with Crippen molar-refractivity contribution in [2.24, 2.45) is 0 Å². The Morgan fingerprint density at radius 2 is 1.76 bits per heavy atom. The molecule has 0 saturated carbocycles. The normalized spacial score (nSPS) is 10.2. The summed E-state index contributed by atoms with van der Waals surface area (Å²) in [5.74, 6) is -1.16. The molecule has 1 N–H and O–H groups in total. The summed E-state index contributed by atoms with van der Waals surface area (Å²) in [5.41, 5.74) is 0.279. The SMILES string of the molecule is O=C(COC(=O)c1ccc(Cl)s1)Nc1c(Cl)cccc1Cl. The third-order valence-electron chi connectivity index (χ3n) is 2.34. The van der Waals surface area contributed by atoms with E-state index in [1.165, 1.54) is 6.07 Å². The van der Waals surface area contributed by atoms with Crippen molar-refractivity contribution in [1.82, 2.24) is 0 Å². The molecule has 0 aliphatic rings. The first-order valence-corrected chi connectivity index (χ1v) is 7.58. The molecule has 0 atom stereocenters. The molecule has 1 aromatic carbocycles. The van der Waals surface area contributed by atoms with Crippen LogP contribution in [0.5, 0.6) is 0 Å². The molecule has 0 bridgehead atoms. The van der Waals surface area contributed by atoms with E-state index in [2.05, 4.69) is 5.32 Å². The quantitative estimate of drug-likeness (QED) is 0.812. The second-order valence-corrected chi connectivity index (χ2v) is 6.35. The number of para-hydroxylation sites is 1. The van der Waals surface area contributed by atoms with Crippen molar-refractivity contribution in [2.45, 2.75) is 0 Å². The molecule has 110 valence electrons. The van der Waals surface area contributed by atoms with Crippen LogP contribution in [0, 0.1) is 0 Å². The number of hydrogen-bond acceptors (Lipinski definition) is 4. The van der Waals surface area contributed by atoms with E-state index in [0.717, 1.165) is 11.3 Å². The van der Waals surface area contributed by atoms with Gasteiger partial charge in [0, 0.05) is 0 Å². The van der Waals surface area contributed by atoms with E-state index in [1.807, 2.05) is 0 Å².